The Bertz CT molecular complexity index is 2390. The summed E-state index contributed by atoms with van der Waals surface area (Å²) >= 11 is 1.44. The van der Waals surface area contributed by atoms with Crippen LogP contribution in [0.2, 0.25) is 0 Å². The minimum Gasteiger partial charge on any atom is -0.465 e. The number of aromatic nitrogens is 3. The molecule has 4 aromatic rings. The number of carbonyl (C=O) groups is 3. The van der Waals surface area contributed by atoms with Gasteiger partial charge in [-0.05, 0) is 106 Å². The summed E-state index contributed by atoms with van der Waals surface area (Å²) in [5.41, 5.74) is 7.77. The highest BCUT2D eigenvalue weighted by atomic mass is 32.1. The van der Waals surface area contributed by atoms with E-state index in [1.54, 1.807) is 19.1 Å². The third kappa shape index (κ3) is 9.86. The van der Waals surface area contributed by atoms with E-state index in [1.807, 2.05) is 19.2 Å². The molecule has 1 saturated carbocycles. The number of hydrogen-bond acceptors (Lipinski definition) is 11. The molecule has 0 spiro atoms. The van der Waals surface area contributed by atoms with Gasteiger partial charge in [-0.3, -0.25) is 24.3 Å². The maximum atomic E-state index is 14.5. The van der Waals surface area contributed by atoms with Crippen molar-refractivity contribution >= 4 is 40.0 Å². The third-order valence-electron chi connectivity index (χ3n) is 15.1. The first-order chi connectivity index (χ1) is 31.6. The molecular weight excluding hydrogens is 853 g/mol. The van der Waals surface area contributed by atoms with E-state index >= 15 is 0 Å². The van der Waals surface area contributed by atoms with E-state index in [-0.39, 0.29) is 54.2 Å². The summed E-state index contributed by atoms with van der Waals surface area (Å²) in [4.78, 5) is 56.5. The second kappa shape index (κ2) is 20.2. The average molecular weight is 925 g/mol. The number of amides is 2. The lowest BCUT2D eigenvalue weighted by atomic mass is 9.82. The van der Waals surface area contributed by atoms with Gasteiger partial charge in [0.2, 0.25) is 11.8 Å². The van der Waals surface area contributed by atoms with Crippen LogP contribution < -0.4 is 5.32 Å². The Morgan fingerprint density at radius 3 is 2.59 bits per heavy atom. The molecular formula is C52H72N6O7S. The molecule has 0 radical (unpaired) electrons. The molecule has 4 aliphatic rings. The van der Waals surface area contributed by atoms with Crippen molar-refractivity contribution in [1.82, 2.24) is 29.7 Å². The molecule has 1 aliphatic carbocycles. The number of morpholine rings is 1. The van der Waals surface area contributed by atoms with Crippen LogP contribution in [0.4, 0.5) is 0 Å². The van der Waals surface area contributed by atoms with Gasteiger partial charge in [-0.2, -0.15) is 0 Å². The normalized spacial score (nSPS) is 28.2. The molecule has 1 aromatic carbocycles. The van der Waals surface area contributed by atoms with Gasteiger partial charge in [0, 0.05) is 91.4 Å². The van der Waals surface area contributed by atoms with Crippen LogP contribution in [0, 0.1) is 29.1 Å². The van der Waals surface area contributed by atoms with Crippen molar-refractivity contribution in [2.75, 3.05) is 60.2 Å². The Kier molecular flexibility index (Phi) is 14.7. The number of carbonyl (C=O) groups excluding carboxylic acids is 3. The monoisotopic (exact) mass is 925 g/mol. The standard InChI is InChI=1S/C52H72N6O7S/c1-11-58-42-16-15-35-23-38(42)40(46(58)39-24-36(26-53-44(39)33(6)62-10)34-17-19-57-20-21-63-27-37(57)22-34)25-52(7,8)29-65-51(61)30(3)14-13-18-56(9)50(60)45(55-48(59)43-31(4)32(43)5)47(64-12-2)49-54-41(35)28-66-49/h15-16,23-24,26,28,30-34,37,43,45,47H,11-14,17-22,25,27,29H2,1-10H3,(H,55,59)/t30-,31-,32+,33-,34-,37-,43?,45-,47-/m0/s1. The number of rotatable bonds is 9. The number of piperidine rings is 1. The maximum Gasteiger partial charge on any atom is 0.308 e. The number of benzene rings is 1. The molecule has 66 heavy (non-hydrogen) atoms. The maximum absolute atomic E-state index is 14.5. The lowest BCUT2D eigenvalue weighted by Gasteiger charge is -2.42. The van der Waals surface area contributed by atoms with Gasteiger partial charge < -0.3 is 33.7 Å². The number of cyclic esters (lactones) is 1. The number of methoxy groups -OCH3 is 1. The molecule has 8 rings (SSSR count). The quantitative estimate of drug-likeness (QED) is 0.163. The first-order valence-electron chi connectivity index (χ1n) is 24.4. The molecule has 6 heterocycles. The third-order valence-corrected chi connectivity index (χ3v) is 16.0. The summed E-state index contributed by atoms with van der Waals surface area (Å²) in [5.74, 6) is -0.341. The Hall–Kier alpha value is -4.21. The van der Waals surface area contributed by atoms with Crippen molar-refractivity contribution in [3.8, 4) is 22.5 Å². The van der Waals surface area contributed by atoms with Gasteiger partial charge in [0.05, 0.1) is 48.9 Å². The lowest BCUT2D eigenvalue weighted by Crippen LogP contribution is -2.52. The van der Waals surface area contributed by atoms with E-state index in [0.29, 0.717) is 55.9 Å². The zero-order valence-corrected chi connectivity index (χ0v) is 41.7. The van der Waals surface area contributed by atoms with Gasteiger partial charge in [-0.1, -0.05) is 40.7 Å². The highest BCUT2D eigenvalue weighted by molar-refractivity contribution is 7.10. The summed E-state index contributed by atoms with van der Waals surface area (Å²) < 4.78 is 26.9. The zero-order chi connectivity index (χ0) is 47.0. The lowest BCUT2D eigenvalue weighted by molar-refractivity contribution is -0.151. The number of nitrogens with zero attached hydrogens (tertiary/aromatic N) is 5. The van der Waals surface area contributed by atoms with Crippen molar-refractivity contribution in [1.29, 1.82) is 0 Å². The highest BCUT2D eigenvalue weighted by Gasteiger charge is 2.50. The van der Waals surface area contributed by atoms with Crippen molar-refractivity contribution in [2.45, 2.75) is 124 Å². The number of fused-ring (bicyclic) bond motifs is 5. The van der Waals surface area contributed by atoms with Crippen molar-refractivity contribution in [2.24, 2.45) is 29.1 Å². The summed E-state index contributed by atoms with van der Waals surface area (Å²) in [7, 11) is 3.49. The summed E-state index contributed by atoms with van der Waals surface area (Å²) in [6.45, 7) is 21.8. The largest absolute Gasteiger partial charge is 0.465 e. The fraction of sp³-hybridized carbons (Fsp3) is 0.635. The van der Waals surface area contributed by atoms with E-state index in [0.717, 1.165) is 83.8 Å². The Labute approximate surface area is 395 Å². The molecule has 358 valence electrons. The highest BCUT2D eigenvalue weighted by Crippen LogP contribution is 2.47. The summed E-state index contributed by atoms with van der Waals surface area (Å²) in [6, 6.07) is 8.35. The van der Waals surface area contributed by atoms with Crippen LogP contribution in [0.15, 0.2) is 35.8 Å². The molecule has 13 nitrogen and oxygen atoms in total. The van der Waals surface area contributed by atoms with Crippen LogP contribution in [-0.4, -0.2) is 114 Å². The van der Waals surface area contributed by atoms with Gasteiger partial charge >= 0.3 is 5.97 Å². The number of pyridine rings is 1. The summed E-state index contributed by atoms with van der Waals surface area (Å²) in [6.07, 6.45) is 4.86. The first kappa shape index (κ1) is 48.3. The van der Waals surface area contributed by atoms with Gasteiger partial charge in [0.15, 0.2) is 0 Å². The van der Waals surface area contributed by atoms with Crippen LogP contribution in [0.25, 0.3) is 33.4 Å². The van der Waals surface area contributed by atoms with E-state index in [4.69, 9.17) is 28.9 Å². The van der Waals surface area contributed by atoms with Crippen molar-refractivity contribution < 1.29 is 33.3 Å². The van der Waals surface area contributed by atoms with Crippen LogP contribution in [0.3, 0.4) is 0 Å². The van der Waals surface area contributed by atoms with Crippen LogP contribution in [0.5, 0.6) is 0 Å². The molecule has 2 amide bonds. The molecule has 4 bridgehead atoms. The van der Waals surface area contributed by atoms with Crippen LogP contribution in [-0.2, 0) is 46.3 Å². The topological polar surface area (TPSA) is 137 Å². The van der Waals surface area contributed by atoms with Crippen molar-refractivity contribution in [3.63, 3.8) is 0 Å². The number of thiazole rings is 1. The Morgan fingerprint density at radius 1 is 1.08 bits per heavy atom. The minimum atomic E-state index is -0.983. The molecule has 3 aromatic heterocycles. The number of ether oxygens (including phenoxy) is 4. The van der Waals surface area contributed by atoms with Gasteiger partial charge in [0.25, 0.3) is 0 Å². The second-order valence-electron chi connectivity index (χ2n) is 20.3. The smallest absolute Gasteiger partial charge is 0.308 e. The summed E-state index contributed by atoms with van der Waals surface area (Å²) in [5, 5.41) is 6.87. The number of hydrogen-bond donors (Lipinski definition) is 1. The average Bonchev–Trinajstić information content (AvgIpc) is 3.58. The predicted octanol–water partition coefficient (Wildman–Crippen LogP) is 8.60. The Morgan fingerprint density at radius 2 is 1.86 bits per heavy atom. The molecule has 14 heteroatoms. The van der Waals surface area contributed by atoms with E-state index in [2.05, 4.69) is 86.8 Å². The SMILES string of the molecule is CCO[C@@H]1c2nc(cs2)-c2ccc3c(c2)c(c(-c2cc([C@H]4CCN5CCOC[C@@H]5C4)cnc2[C@H](C)OC)n3CC)CC(C)(C)COC(=O)[C@@H](C)CCCN(C)C(=O)[C@H]1NC(=O)C1[C@@H](C)[C@H]1C. The molecule has 2 saturated heterocycles. The number of esters is 1. The molecule has 9 atom stereocenters. The minimum absolute atomic E-state index is 0.140. The number of likely N-dealkylation sites (N-methyl/N-ethyl adjacent to an activating group) is 1. The number of nitrogens with one attached hydrogen (secondary N) is 1. The first-order valence-corrected chi connectivity index (χ1v) is 25.3. The van der Waals surface area contributed by atoms with E-state index in [1.165, 1.54) is 16.9 Å². The molecule has 3 fully saturated rings. The second-order valence-corrected chi connectivity index (χ2v) is 21.2. The predicted molar refractivity (Wildman–Crippen MR) is 258 cm³/mol. The fourth-order valence-electron chi connectivity index (χ4n) is 10.7. The zero-order valence-electron chi connectivity index (χ0n) is 40.9. The fourth-order valence-corrected chi connectivity index (χ4v) is 11.7. The molecule has 1 unspecified atom stereocenters. The van der Waals surface area contributed by atoms with Crippen molar-refractivity contribution in [3.05, 3.63) is 57.7 Å². The van der Waals surface area contributed by atoms with Gasteiger partial charge in [0.1, 0.15) is 17.2 Å². The number of aryl methyl sites for hydroxylation is 1. The van der Waals surface area contributed by atoms with E-state index < -0.39 is 17.6 Å². The van der Waals surface area contributed by atoms with E-state index in [9.17, 15) is 14.4 Å². The van der Waals surface area contributed by atoms with Crippen LogP contribution >= 0.6 is 11.3 Å². The van der Waals surface area contributed by atoms with Gasteiger partial charge in [-0.25, -0.2) is 4.98 Å². The van der Waals surface area contributed by atoms with Gasteiger partial charge in [-0.15, -0.1) is 11.3 Å². The van der Waals surface area contributed by atoms with Crippen LogP contribution in [0.1, 0.15) is 121 Å². The Balaban J connectivity index is 1.27. The molecule has 3 aliphatic heterocycles. The molecule has 1 N–H and O–H groups in total.